The van der Waals surface area contributed by atoms with Crippen LogP contribution < -0.4 is 14.5 Å². The lowest BCUT2D eigenvalue weighted by Crippen LogP contribution is -2.48. The first-order valence-electron chi connectivity index (χ1n) is 10.1. The molecule has 2 unspecified atom stereocenters. The van der Waals surface area contributed by atoms with Crippen LogP contribution in [0.15, 0.2) is 12.1 Å². The van der Waals surface area contributed by atoms with Gasteiger partial charge >= 0.3 is 6.03 Å². The molecular weight excluding hydrogens is 381 g/mol. The van der Waals surface area contributed by atoms with Crippen LogP contribution >= 0.6 is 0 Å². The summed E-state index contributed by atoms with van der Waals surface area (Å²) in [6.07, 6.45) is 2.70. The lowest BCUT2D eigenvalue weighted by atomic mass is 10.1. The van der Waals surface area contributed by atoms with E-state index < -0.39 is 35.5 Å². The molecule has 2 atom stereocenters. The highest BCUT2D eigenvalue weighted by Gasteiger charge is 2.59. The molecule has 5 aliphatic rings. The Morgan fingerprint density at radius 1 is 1.17 bits per heavy atom. The van der Waals surface area contributed by atoms with E-state index in [0.29, 0.717) is 31.0 Å². The molecular formula is C20H20FN3O5. The summed E-state index contributed by atoms with van der Waals surface area (Å²) in [5, 5.41) is 9.75. The van der Waals surface area contributed by atoms with E-state index in [1.54, 1.807) is 4.90 Å². The zero-order valence-corrected chi connectivity index (χ0v) is 15.6. The number of imide groups is 1. The molecule has 1 aromatic carbocycles. The fourth-order valence-corrected chi connectivity index (χ4v) is 4.63. The van der Waals surface area contributed by atoms with Gasteiger partial charge in [-0.1, -0.05) is 0 Å². The van der Waals surface area contributed by atoms with Gasteiger partial charge in [0.2, 0.25) is 0 Å². The number of fused-ring (bicyclic) bond motifs is 2. The zero-order chi connectivity index (χ0) is 20.1. The molecule has 1 aromatic rings. The van der Waals surface area contributed by atoms with E-state index in [1.165, 1.54) is 17.0 Å². The van der Waals surface area contributed by atoms with E-state index in [9.17, 15) is 19.5 Å². The topological polar surface area (TPSA) is 90.4 Å². The number of amides is 4. The Kier molecular flexibility index (Phi) is 3.25. The van der Waals surface area contributed by atoms with Gasteiger partial charge in [0.15, 0.2) is 11.4 Å². The minimum atomic E-state index is -0.881. The first-order chi connectivity index (χ1) is 13.9. The van der Waals surface area contributed by atoms with Crippen molar-refractivity contribution in [1.82, 2.24) is 4.90 Å². The molecule has 2 aliphatic carbocycles. The van der Waals surface area contributed by atoms with Crippen molar-refractivity contribution in [3.63, 3.8) is 0 Å². The highest BCUT2D eigenvalue weighted by Crippen LogP contribution is 2.51. The summed E-state index contributed by atoms with van der Waals surface area (Å²) in [5.74, 6) is -0.739. The maximum atomic E-state index is 15.0. The number of ether oxygens (including phenoxy) is 1. The molecule has 8 nitrogen and oxygen atoms in total. The van der Waals surface area contributed by atoms with Crippen LogP contribution in [0, 0.1) is 11.7 Å². The quantitative estimate of drug-likeness (QED) is 0.774. The molecule has 29 heavy (non-hydrogen) atoms. The summed E-state index contributed by atoms with van der Waals surface area (Å²) < 4.78 is 20.9. The Morgan fingerprint density at radius 2 is 1.93 bits per heavy atom. The van der Waals surface area contributed by atoms with Gasteiger partial charge in [0.05, 0.1) is 17.5 Å². The van der Waals surface area contributed by atoms with Gasteiger partial charge < -0.3 is 19.6 Å². The smallest absolute Gasteiger partial charge is 0.332 e. The van der Waals surface area contributed by atoms with Crippen LogP contribution in [0.4, 0.5) is 20.6 Å². The number of hydrogen-bond donors (Lipinski definition) is 1. The third-order valence-corrected chi connectivity index (χ3v) is 6.56. The van der Waals surface area contributed by atoms with E-state index in [4.69, 9.17) is 4.74 Å². The summed E-state index contributed by atoms with van der Waals surface area (Å²) in [7, 11) is 0. The average Bonchev–Trinajstić information content (AvgIpc) is 3.59. The number of rotatable bonds is 3. The van der Waals surface area contributed by atoms with Crippen LogP contribution in [0.25, 0.3) is 0 Å². The monoisotopic (exact) mass is 401 g/mol. The first kappa shape index (κ1) is 17.2. The third-order valence-electron chi connectivity index (χ3n) is 6.56. The lowest BCUT2D eigenvalue weighted by Gasteiger charge is -2.35. The predicted octanol–water partition coefficient (Wildman–Crippen LogP) is 1.40. The van der Waals surface area contributed by atoms with E-state index in [2.05, 4.69) is 0 Å². The van der Waals surface area contributed by atoms with Gasteiger partial charge in [0.25, 0.3) is 11.8 Å². The Hall–Kier alpha value is -2.68. The SMILES string of the molecule is O=C1C2CC(O)CN2C(=O)N1c1cc2c(cc1F)OC1(CC1)C(=O)N2CC1CC1. The van der Waals surface area contributed by atoms with Crippen LogP contribution in [0.3, 0.4) is 0 Å². The maximum Gasteiger partial charge on any atom is 0.332 e. The van der Waals surface area contributed by atoms with E-state index in [1.807, 2.05) is 0 Å². The highest BCUT2D eigenvalue weighted by atomic mass is 19.1. The van der Waals surface area contributed by atoms with Gasteiger partial charge in [0.1, 0.15) is 11.8 Å². The third kappa shape index (κ3) is 2.36. The lowest BCUT2D eigenvalue weighted by molar-refractivity contribution is -0.128. The number of aliphatic hydroxyl groups is 1. The van der Waals surface area contributed by atoms with E-state index >= 15 is 4.39 Å². The van der Waals surface area contributed by atoms with Gasteiger partial charge in [-0.05, 0) is 24.8 Å². The number of anilines is 2. The highest BCUT2D eigenvalue weighted by molar-refractivity contribution is 6.22. The molecule has 6 rings (SSSR count). The number of aliphatic hydroxyl groups excluding tert-OH is 1. The Bertz CT molecular complexity index is 949. The first-order valence-corrected chi connectivity index (χ1v) is 10.1. The molecule has 4 fully saturated rings. The zero-order valence-electron chi connectivity index (χ0n) is 15.6. The number of halogens is 1. The van der Waals surface area contributed by atoms with Crippen molar-refractivity contribution in [3.05, 3.63) is 17.9 Å². The number of hydrogen-bond acceptors (Lipinski definition) is 5. The number of carbonyl (C=O) groups is 3. The molecule has 2 saturated heterocycles. The Balaban J connectivity index is 1.41. The second kappa shape index (κ2) is 5.47. The summed E-state index contributed by atoms with van der Waals surface area (Å²) in [6.45, 7) is 0.584. The molecule has 1 N–H and O–H groups in total. The van der Waals surface area contributed by atoms with Crippen molar-refractivity contribution in [1.29, 1.82) is 0 Å². The molecule has 152 valence electrons. The predicted molar refractivity (Wildman–Crippen MR) is 98.1 cm³/mol. The van der Waals surface area contributed by atoms with E-state index in [-0.39, 0.29) is 30.3 Å². The van der Waals surface area contributed by atoms with Gasteiger partial charge in [-0.2, -0.15) is 0 Å². The normalized spacial score (nSPS) is 29.4. The molecule has 0 aromatic heterocycles. The molecule has 4 amide bonds. The number of urea groups is 1. The van der Waals surface area contributed by atoms with Crippen LogP contribution in [0.2, 0.25) is 0 Å². The Labute approximate surface area is 165 Å². The van der Waals surface area contributed by atoms with Gasteiger partial charge in [-0.15, -0.1) is 0 Å². The number of nitrogens with zero attached hydrogens (tertiary/aromatic N) is 3. The van der Waals surface area contributed by atoms with Crippen molar-refractivity contribution in [2.45, 2.75) is 49.9 Å². The minimum absolute atomic E-state index is 0.0518. The second-order valence-electron chi connectivity index (χ2n) is 8.74. The van der Waals surface area contributed by atoms with E-state index in [0.717, 1.165) is 17.7 Å². The molecule has 0 bridgehead atoms. The van der Waals surface area contributed by atoms with Crippen molar-refractivity contribution in [3.8, 4) is 5.75 Å². The molecule has 1 spiro atoms. The van der Waals surface area contributed by atoms with Crippen molar-refractivity contribution in [2.24, 2.45) is 5.92 Å². The number of carbonyl (C=O) groups excluding carboxylic acids is 3. The molecule has 2 saturated carbocycles. The summed E-state index contributed by atoms with van der Waals surface area (Å²) >= 11 is 0. The fraction of sp³-hybridized carbons (Fsp3) is 0.550. The second-order valence-corrected chi connectivity index (χ2v) is 8.74. The minimum Gasteiger partial charge on any atom is -0.475 e. The molecule has 3 heterocycles. The fourth-order valence-electron chi connectivity index (χ4n) is 4.63. The summed E-state index contributed by atoms with van der Waals surface area (Å²) in [6, 6.07) is 1.14. The maximum absolute atomic E-state index is 15.0. The van der Waals surface area contributed by atoms with Crippen LogP contribution in [-0.2, 0) is 9.59 Å². The summed E-state index contributed by atoms with van der Waals surface area (Å²) in [4.78, 5) is 42.3. The molecule has 9 heteroatoms. The van der Waals surface area contributed by atoms with Crippen molar-refractivity contribution < 1.29 is 28.6 Å². The molecule has 3 aliphatic heterocycles. The van der Waals surface area contributed by atoms with Crippen molar-refractivity contribution >= 4 is 29.2 Å². The Morgan fingerprint density at radius 3 is 2.59 bits per heavy atom. The molecule has 0 radical (unpaired) electrons. The van der Waals surface area contributed by atoms with Gasteiger partial charge in [-0.25, -0.2) is 14.1 Å². The number of benzene rings is 1. The van der Waals surface area contributed by atoms with Crippen LogP contribution in [0.5, 0.6) is 5.75 Å². The average molecular weight is 401 g/mol. The van der Waals surface area contributed by atoms with Gasteiger partial charge in [0, 0.05) is 38.4 Å². The van der Waals surface area contributed by atoms with Crippen LogP contribution in [-0.4, -0.2) is 58.7 Å². The standard InChI is InChI=1S/C20H20FN3O5/c21-12-6-16-14(22(8-10-1-2-10)18(27)20(29-16)3-4-20)7-13(12)24-17(26)15-5-11(25)9-23(15)19(24)28/h6-7,10-11,15,25H,1-5,8-9H2. The van der Waals surface area contributed by atoms with Gasteiger partial charge in [-0.3, -0.25) is 9.59 Å². The van der Waals surface area contributed by atoms with Crippen molar-refractivity contribution in [2.75, 3.05) is 22.9 Å². The summed E-state index contributed by atoms with van der Waals surface area (Å²) in [5.41, 5.74) is -0.649. The largest absolute Gasteiger partial charge is 0.475 e. The van der Waals surface area contributed by atoms with Crippen LogP contribution in [0.1, 0.15) is 32.1 Å².